The van der Waals surface area contributed by atoms with E-state index >= 15 is 0 Å². The molecule has 1 N–H and O–H groups in total. The molecule has 0 saturated carbocycles. The average Bonchev–Trinajstić information content (AvgIpc) is 2.22. The number of aromatic nitrogens is 1. The van der Waals surface area contributed by atoms with Gasteiger partial charge in [0.15, 0.2) is 0 Å². The monoisotopic (exact) mass is 283 g/mol. The summed E-state index contributed by atoms with van der Waals surface area (Å²) in [7, 11) is 0. The number of halogens is 3. The summed E-state index contributed by atoms with van der Waals surface area (Å²) in [6.45, 7) is 1.91. The van der Waals surface area contributed by atoms with Crippen molar-refractivity contribution in [2.24, 2.45) is 0 Å². The molecular weight excluding hydrogens is 276 g/mol. The first-order valence-electron chi connectivity index (χ1n) is 4.38. The summed E-state index contributed by atoms with van der Waals surface area (Å²) in [4.78, 5) is 24.8. The molecule has 1 aromatic rings. The minimum atomic E-state index is -0.588. The van der Waals surface area contributed by atoms with Crippen molar-refractivity contribution >= 4 is 40.8 Å². The number of nitrogens with one attached hydrogen (secondary N) is 1. The Hall–Kier alpha value is -0.710. The second-order valence-electron chi connectivity index (χ2n) is 2.86. The smallest absolute Gasteiger partial charge is 0.310 e. The Labute approximate surface area is 106 Å². The van der Waals surface area contributed by atoms with Gasteiger partial charge in [-0.25, -0.2) is 0 Å². The number of esters is 1. The highest BCUT2D eigenvalue weighted by atomic mass is 35.5. The third kappa shape index (κ3) is 2.90. The summed E-state index contributed by atoms with van der Waals surface area (Å²) in [5, 5.41) is -0.142. The molecule has 4 nitrogen and oxygen atoms in total. The maximum Gasteiger partial charge on any atom is 0.310 e. The topological polar surface area (TPSA) is 59.2 Å². The molecule has 0 saturated heterocycles. The number of H-pyrrole nitrogens is 1. The maximum absolute atomic E-state index is 11.3. The number of hydrogen-bond acceptors (Lipinski definition) is 3. The van der Waals surface area contributed by atoms with Crippen molar-refractivity contribution in [3.63, 3.8) is 0 Å². The molecule has 1 rings (SSSR count). The minimum absolute atomic E-state index is 0.0460. The molecule has 88 valence electrons. The van der Waals surface area contributed by atoms with Gasteiger partial charge in [-0.1, -0.05) is 34.8 Å². The van der Waals surface area contributed by atoms with E-state index in [1.807, 2.05) is 0 Å². The second-order valence-corrected chi connectivity index (χ2v) is 3.99. The van der Waals surface area contributed by atoms with Crippen LogP contribution in [0, 0.1) is 0 Å². The molecule has 0 radical (unpaired) electrons. The number of carbonyl (C=O) groups is 1. The van der Waals surface area contributed by atoms with Gasteiger partial charge in [-0.05, 0) is 6.92 Å². The van der Waals surface area contributed by atoms with Crippen LogP contribution in [0.2, 0.25) is 15.2 Å². The summed E-state index contributed by atoms with van der Waals surface area (Å²) < 4.78 is 4.72. The third-order valence-corrected chi connectivity index (χ3v) is 2.97. The Morgan fingerprint density at radius 1 is 1.31 bits per heavy atom. The zero-order valence-corrected chi connectivity index (χ0v) is 10.5. The van der Waals surface area contributed by atoms with Crippen molar-refractivity contribution in [1.29, 1.82) is 0 Å². The highest BCUT2D eigenvalue weighted by Gasteiger charge is 2.17. The normalized spacial score (nSPS) is 10.2. The fourth-order valence-corrected chi connectivity index (χ4v) is 1.75. The molecular formula is C9H8Cl3NO3. The lowest BCUT2D eigenvalue weighted by atomic mass is 10.2. The van der Waals surface area contributed by atoms with E-state index in [2.05, 4.69) is 4.98 Å². The predicted molar refractivity (Wildman–Crippen MR) is 62.4 cm³/mol. The van der Waals surface area contributed by atoms with Crippen LogP contribution >= 0.6 is 34.8 Å². The zero-order chi connectivity index (χ0) is 12.3. The Kier molecular flexibility index (Phi) is 4.65. The standard InChI is InChI=1S/C9H8Cl3NO3/c1-2-16-5(14)3-4-6(10)8(12)13-9(15)7(4)11/h2-3H2,1H3,(H,13,15). The van der Waals surface area contributed by atoms with Crippen molar-refractivity contribution in [2.75, 3.05) is 6.61 Å². The Morgan fingerprint density at radius 3 is 2.50 bits per heavy atom. The predicted octanol–water partition coefficient (Wildman–Crippen LogP) is 2.44. The summed E-state index contributed by atoms with van der Waals surface area (Å²) >= 11 is 17.2. The molecule has 0 aromatic carbocycles. The lowest BCUT2D eigenvalue weighted by molar-refractivity contribution is -0.142. The lowest BCUT2D eigenvalue weighted by Crippen LogP contribution is -2.14. The molecule has 0 aliphatic rings. The fourth-order valence-electron chi connectivity index (χ4n) is 1.09. The van der Waals surface area contributed by atoms with Gasteiger partial charge in [0.1, 0.15) is 10.2 Å². The molecule has 0 amide bonds. The second kappa shape index (κ2) is 5.57. The molecule has 0 fully saturated rings. The molecule has 16 heavy (non-hydrogen) atoms. The highest BCUT2D eigenvalue weighted by molar-refractivity contribution is 6.43. The van der Waals surface area contributed by atoms with Crippen LogP contribution in [0.1, 0.15) is 12.5 Å². The number of ether oxygens (including phenoxy) is 1. The summed E-state index contributed by atoms with van der Waals surface area (Å²) in [6, 6.07) is 0. The van der Waals surface area contributed by atoms with Crippen molar-refractivity contribution < 1.29 is 9.53 Å². The van der Waals surface area contributed by atoms with E-state index in [0.717, 1.165) is 0 Å². The van der Waals surface area contributed by atoms with Gasteiger partial charge < -0.3 is 9.72 Å². The van der Waals surface area contributed by atoms with Crippen LogP contribution in [0.15, 0.2) is 4.79 Å². The van der Waals surface area contributed by atoms with Crippen molar-refractivity contribution in [3.05, 3.63) is 31.1 Å². The molecule has 0 aliphatic heterocycles. The van der Waals surface area contributed by atoms with E-state index in [1.54, 1.807) is 6.92 Å². The van der Waals surface area contributed by atoms with Gasteiger partial charge in [0.25, 0.3) is 5.56 Å². The average molecular weight is 285 g/mol. The van der Waals surface area contributed by atoms with Crippen LogP contribution in [-0.4, -0.2) is 17.6 Å². The summed E-state index contributed by atoms with van der Waals surface area (Å²) in [6.07, 6.45) is -0.185. The molecule has 0 unspecified atom stereocenters. The Morgan fingerprint density at radius 2 is 1.94 bits per heavy atom. The fraction of sp³-hybridized carbons (Fsp3) is 0.333. The number of carbonyl (C=O) groups excluding carboxylic acids is 1. The van der Waals surface area contributed by atoms with Gasteiger partial charge in [0, 0.05) is 5.56 Å². The van der Waals surface area contributed by atoms with Crippen LogP contribution in [-0.2, 0) is 16.0 Å². The van der Waals surface area contributed by atoms with Crippen molar-refractivity contribution in [1.82, 2.24) is 4.98 Å². The van der Waals surface area contributed by atoms with Crippen molar-refractivity contribution in [3.8, 4) is 0 Å². The SMILES string of the molecule is CCOC(=O)Cc1c(Cl)c(Cl)[nH]c(=O)c1Cl. The van der Waals surface area contributed by atoms with Crippen LogP contribution in [0.3, 0.4) is 0 Å². The molecule has 0 spiro atoms. The summed E-state index contributed by atoms with van der Waals surface area (Å²) in [5.74, 6) is -0.520. The van der Waals surface area contributed by atoms with Gasteiger partial charge in [-0.3, -0.25) is 9.59 Å². The van der Waals surface area contributed by atoms with Gasteiger partial charge in [0.2, 0.25) is 0 Å². The van der Waals surface area contributed by atoms with E-state index in [9.17, 15) is 9.59 Å². The Bertz CT molecular complexity index is 470. The molecule has 1 heterocycles. The largest absolute Gasteiger partial charge is 0.466 e. The van der Waals surface area contributed by atoms with E-state index in [4.69, 9.17) is 39.5 Å². The van der Waals surface area contributed by atoms with Crippen LogP contribution in [0.4, 0.5) is 0 Å². The van der Waals surface area contributed by atoms with E-state index < -0.39 is 11.5 Å². The Balaban J connectivity index is 3.13. The highest BCUT2D eigenvalue weighted by Crippen LogP contribution is 2.27. The number of hydrogen-bond donors (Lipinski definition) is 1. The first-order chi connectivity index (χ1) is 7.47. The van der Waals surface area contributed by atoms with Gasteiger partial charge in [0.05, 0.1) is 18.1 Å². The van der Waals surface area contributed by atoms with Crippen LogP contribution < -0.4 is 5.56 Å². The lowest BCUT2D eigenvalue weighted by Gasteiger charge is -2.07. The van der Waals surface area contributed by atoms with E-state index in [1.165, 1.54) is 0 Å². The quantitative estimate of drug-likeness (QED) is 0.685. The first-order valence-corrected chi connectivity index (χ1v) is 5.52. The zero-order valence-electron chi connectivity index (χ0n) is 8.27. The minimum Gasteiger partial charge on any atom is -0.466 e. The first kappa shape index (κ1) is 13.4. The van der Waals surface area contributed by atoms with Crippen molar-refractivity contribution in [2.45, 2.75) is 13.3 Å². The maximum atomic E-state index is 11.3. The molecule has 0 aliphatic carbocycles. The van der Waals surface area contributed by atoms with Gasteiger partial charge in [-0.15, -0.1) is 0 Å². The molecule has 7 heteroatoms. The molecule has 1 aromatic heterocycles. The van der Waals surface area contributed by atoms with Gasteiger partial charge >= 0.3 is 5.97 Å². The van der Waals surface area contributed by atoms with E-state index in [-0.39, 0.29) is 33.8 Å². The third-order valence-electron chi connectivity index (χ3n) is 1.77. The van der Waals surface area contributed by atoms with Crippen LogP contribution in [0.25, 0.3) is 0 Å². The summed E-state index contributed by atoms with van der Waals surface area (Å²) in [5.41, 5.74) is -0.411. The van der Waals surface area contributed by atoms with Crippen LogP contribution in [0.5, 0.6) is 0 Å². The number of rotatable bonds is 3. The van der Waals surface area contributed by atoms with Gasteiger partial charge in [-0.2, -0.15) is 0 Å². The number of aromatic amines is 1. The van der Waals surface area contributed by atoms with E-state index in [0.29, 0.717) is 0 Å². The number of pyridine rings is 1. The molecule has 0 bridgehead atoms. The molecule has 0 atom stereocenters.